The van der Waals surface area contributed by atoms with Crippen LogP contribution in [0.15, 0.2) is 276 Å². The second-order valence-electron chi connectivity index (χ2n) is 22.3. The molecule has 6 heteroatoms. The number of allylic oxidation sites excluding steroid dienone is 1. The predicted molar refractivity (Wildman–Crippen MR) is 358 cm³/mol. The molecule has 0 unspecified atom stereocenters. The second-order valence-corrected chi connectivity index (χ2v) is 22.3. The van der Waals surface area contributed by atoms with Crippen LogP contribution in [0.5, 0.6) is 0 Å². The summed E-state index contributed by atoms with van der Waals surface area (Å²) in [7, 11) is 0. The van der Waals surface area contributed by atoms with E-state index in [9.17, 15) is 0 Å². The molecule has 12 aromatic carbocycles. The summed E-state index contributed by atoms with van der Waals surface area (Å²) in [4.78, 5) is 4.80. The van der Waals surface area contributed by atoms with Gasteiger partial charge in [-0.3, -0.25) is 0 Å². The highest BCUT2D eigenvalue weighted by molar-refractivity contribution is 6.31. The van der Waals surface area contributed by atoms with Crippen molar-refractivity contribution in [1.29, 1.82) is 0 Å². The minimum absolute atomic E-state index is 0.748. The van der Waals surface area contributed by atoms with Crippen molar-refractivity contribution in [3.63, 3.8) is 0 Å². The van der Waals surface area contributed by atoms with Gasteiger partial charge in [-0.05, 0) is 114 Å². The number of rotatable bonds is 10. The lowest BCUT2D eigenvalue weighted by Crippen LogP contribution is -2.10. The Morgan fingerprint density at radius 2 is 0.776 bits per heavy atom. The summed E-state index contributed by atoms with van der Waals surface area (Å²) in [5, 5.41) is 12.8. The van der Waals surface area contributed by atoms with Crippen molar-refractivity contribution in [1.82, 2.24) is 8.80 Å². The molecule has 398 valence electrons. The zero-order chi connectivity index (χ0) is 56.0. The Balaban J connectivity index is 0.861. The summed E-state index contributed by atoms with van der Waals surface area (Å²) in [6.45, 7) is 6.21. The fraction of sp³-hybridized carbons (Fsp3) is 0.0127. The largest absolute Gasteiger partial charge is 0.454 e. The molecular weight excluding hydrogens is 1040 g/mol. The number of hydrogen-bond acceptors (Lipinski definition) is 4. The van der Waals surface area contributed by atoms with Crippen LogP contribution in [0.1, 0.15) is 18.2 Å². The van der Waals surface area contributed by atoms with E-state index in [-0.39, 0.29) is 0 Å². The van der Waals surface area contributed by atoms with Gasteiger partial charge in [0.05, 0.1) is 55.8 Å². The van der Waals surface area contributed by atoms with Crippen LogP contribution in [0.4, 0.5) is 34.1 Å². The SMILES string of the molecule is C=Cc1oc2c(N(c3ccc(-c4ccccc4)cc3)c3cccc4c3c3cccc5c6cc7c(cc6n4c53)c3cccc4c5c(N(c6ccc(-c8ccccc8)cc6)c6cccc8c6oc6ccccc68)cccc5n7c34)cccc2c1/C=C\C. The van der Waals surface area contributed by atoms with Crippen LogP contribution in [0, 0.1) is 0 Å². The first-order valence-electron chi connectivity index (χ1n) is 29.1. The first-order chi connectivity index (χ1) is 42.1. The maximum Gasteiger partial charge on any atom is 0.159 e. The summed E-state index contributed by atoms with van der Waals surface area (Å²) in [5.74, 6) is 0.748. The lowest BCUT2D eigenvalue weighted by atomic mass is 10.0. The van der Waals surface area contributed by atoms with Crippen molar-refractivity contribution in [2.24, 2.45) is 0 Å². The van der Waals surface area contributed by atoms with Crippen molar-refractivity contribution >= 4 is 155 Å². The molecular formula is C79H50N4O2. The van der Waals surface area contributed by atoms with Gasteiger partial charge in [-0.2, -0.15) is 0 Å². The van der Waals surface area contributed by atoms with E-state index in [1.807, 2.05) is 19.1 Å². The molecule has 0 atom stereocenters. The second kappa shape index (κ2) is 18.1. The Labute approximate surface area is 488 Å². The summed E-state index contributed by atoms with van der Waals surface area (Å²) in [6, 6.07) is 92.7. The molecule has 0 aliphatic carbocycles. The first-order valence-corrected chi connectivity index (χ1v) is 29.1. The van der Waals surface area contributed by atoms with Crippen LogP contribution in [-0.2, 0) is 0 Å². The van der Waals surface area contributed by atoms with Gasteiger partial charge >= 0.3 is 0 Å². The number of anilines is 6. The normalized spacial score (nSPS) is 12.3. The van der Waals surface area contributed by atoms with E-state index in [4.69, 9.17) is 8.83 Å². The van der Waals surface area contributed by atoms with Crippen LogP contribution >= 0.6 is 0 Å². The molecule has 85 heavy (non-hydrogen) atoms. The molecule has 0 N–H and O–H groups in total. The summed E-state index contributed by atoms with van der Waals surface area (Å²) in [5.41, 5.74) is 21.4. The molecule has 6 nitrogen and oxygen atoms in total. The van der Waals surface area contributed by atoms with Gasteiger partial charge in [0.25, 0.3) is 0 Å². The van der Waals surface area contributed by atoms with Gasteiger partial charge in [0.15, 0.2) is 11.2 Å². The van der Waals surface area contributed by atoms with E-state index >= 15 is 0 Å². The molecule has 18 aromatic rings. The van der Waals surface area contributed by atoms with Crippen molar-refractivity contribution < 1.29 is 8.83 Å². The Morgan fingerprint density at radius 3 is 1.31 bits per heavy atom. The van der Waals surface area contributed by atoms with Crippen LogP contribution in [0.3, 0.4) is 0 Å². The van der Waals surface area contributed by atoms with E-state index in [1.165, 1.54) is 76.3 Å². The highest BCUT2D eigenvalue weighted by Gasteiger charge is 2.29. The average Bonchev–Trinajstić information content (AvgIpc) is 1.92. The zero-order valence-corrected chi connectivity index (χ0v) is 46.3. The molecule has 0 saturated carbocycles. The van der Waals surface area contributed by atoms with Gasteiger partial charge in [0, 0.05) is 76.2 Å². The number of furan rings is 2. The molecule has 6 aromatic heterocycles. The number of benzene rings is 12. The third kappa shape index (κ3) is 6.70. The van der Waals surface area contributed by atoms with Gasteiger partial charge in [-0.15, -0.1) is 0 Å². The minimum atomic E-state index is 0.748. The summed E-state index contributed by atoms with van der Waals surface area (Å²) in [6.07, 6.45) is 5.99. The maximum atomic E-state index is 6.84. The highest BCUT2D eigenvalue weighted by atomic mass is 16.3. The fourth-order valence-corrected chi connectivity index (χ4v) is 14.3. The van der Waals surface area contributed by atoms with E-state index in [1.54, 1.807) is 0 Å². The van der Waals surface area contributed by atoms with E-state index in [0.29, 0.717) is 0 Å². The monoisotopic (exact) mass is 1090 g/mol. The van der Waals surface area contributed by atoms with Crippen molar-refractivity contribution in [3.05, 3.63) is 279 Å². The van der Waals surface area contributed by atoms with Crippen LogP contribution in [-0.4, -0.2) is 8.80 Å². The lowest BCUT2D eigenvalue weighted by molar-refractivity contribution is 0.604. The molecule has 0 aliphatic rings. The van der Waals surface area contributed by atoms with Gasteiger partial charge in [0.2, 0.25) is 0 Å². The number of aromatic nitrogens is 2. The van der Waals surface area contributed by atoms with Crippen LogP contribution in [0.25, 0.3) is 144 Å². The fourth-order valence-electron chi connectivity index (χ4n) is 14.3. The Hall–Kier alpha value is -11.3. The predicted octanol–water partition coefficient (Wildman–Crippen LogP) is 22.6. The van der Waals surface area contributed by atoms with Crippen LogP contribution < -0.4 is 9.80 Å². The molecule has 0 amide bonds. The lowest BCUT2D eigenvalue weighted by Gasteiger charge is -2.27. The molecule has 0 saturated heterocycles. The van der Waals surface area contributed by atoms with E-state index in [2.05, 4.69) is 286 Å². The van der Waals surface area contributed by atoms with Crippen molar-refractivity contribution in [2.75, 3.05) is 9.80 Å². The minimum Gasteiger partial charge on any atom is -0.454 e. The molecule has 0 fully saturated rings. The van der Waals surface area contributed by atoms with Crippen molar-refractivity contribution in [2.45, 2.75) is 6.92 Å². The molecule has 18 rings (SSSR count). The van der Waals surface area contributed by atoms with Gasteiger partial charge in [-0.25, -0.2) is 0 Å². The molecule has 6 heterocycles. The molecule has 0 aliphatic heterocycles. The maximum absolute atomic E-state index is 6.84. The standard InChI is InChI=1S/C79H50N4O2/c1-3-19-54-58-27-15-35-68(78(58)84-72(54)4-2)80(52-42-38-50(39-43-52)48-20-7-5-8-21-48)64-31-17-33-66-74(64)60-29-13-25-56-62-47-71-63(46-70(62)82(66)76(56)60)57-26-14-30-61-75-65(32-18-34-67(75)83(71)77(57)61)81(53-44-40-51(41-45-53)49-22-9-6-10-23-49)69-36-16-28-59-55-24-11-12-37-73(55)85-79(59)69/h3-47H,2H2,1H3/b19-3-. The first kappa shape index (κ1) is 47.3. The van der Waals surface area contributed by atoms with E-state index < -0.39 is 0 Å². The smallest absolute Gasteiger partial charge is 0.159 e. The van der Waals surface area contributed by atoms with E-state index in [0.717, 1.165) is 101 Å². The Morgan fingerprint density at radius 1 is 0.353 bits per heavy atom. The molecule has 0 spiro atoms. The molecule has 0 radical (unpaired) electrons. The average molecular weight is 1090 g/mol. The summed E-state index contributed by atoms with van der Waals surface area (Å²) < 4.78 is 18.7. The third-order valence-corrected chi connectivity index (χ3v) is 17.8. The summed E-state index contributed by atoms with van der Waals surface area (Å²) >= 11 is 0. The quantitative estimate of drug-likeness (QED) is 0.137. The third-order valence-electron chi connectivity index (χ3n) is 17.8. The van der Waals surface area contributed by atoms with Crippen LogP contribution in [0.2, 0.25) is 0 Å². The topological polar surface area (TPSA) is 41.6 Å². The number of fused-ring (bicyclic) bond motifs is 16. The van der Waals surface area contributed by atoms with Crippen molar-refractivity contribution in [3.8, 4) is 22.3 Å². The number of para-hydroxylation sites is 5. The Bertz CT molecular complexity index is 5740. The highest BCUT2D eigenvalue weighted by Crippen LogP contribution is 2.52. The number of hydrogen-bond donors (Lipinski definition) is 0. The van der Waals surface area contributed by atoms with Gasteiger partial charge < -0.3 is 27.4 Å². The van der Waals surface area contributed by atoms with Gasteiger partial charge in [0.1, 0.15) is 11.3 Å². The molecule has 0 bridgehead atoms. The van der Waals surface area contributed by atoms with Gasteiger partial charge in [-0.1, -0.05) is 195 Å². The zero-order valence-electron chi connectivity index (χ0n) is 46.3. The number of nitrogens with zero attached hydrogens (tertiary/aromatic N) is 4. The Kier molecular flexibility index (Phi) is 10.1.